The predicted molar refractivity (Wildman–Crippen MR) is 86.0 cm³/mol. The highest BCUT2D eigenvalue weighted by Gasteiger charge is 2.30. The first kappa shape index (κ1) is 15.7. The van der Waals surface area contributed by atoms with Crippen molar-refractivity contribution in [1.82, 2.24) is 19.7 Å². The van der Waals surface area contributed by atoms with Crippen LogP contribution < -0.4 is 0 Å². The van der Waals surface area contributed by atoms with Gasteiger partial charge in [0.25, 0.3) is 0 Å². The average Bonchev–Trinajstić information content (AvgIpc) is 2.87. The lowest BCUT2D eigenvalue weighted by molar-refractivity contribution is -0.139. The van der Waals surface area contributed by atoms with Crippen LogP contribution in [0.2, 0.25) is 0 Å². The van der Waals surface area contributed by atoms with Crippen molar-refractivity contribution < 1.29 is 9.90 Å². The summed E-state index contributed by atoms with van der Waals surface area (Å²) in [5.41, 5.74) is 2.01. The Hall–Kier alpha value is -2.21. The molecule has 2 aromatic rings. The number of carbonyl (C=O) groups is 1. The molecule has 3 rings (SSSR count). The molecule has 0 bridgehead atoms. The summed E-state index contributed by atoms with van der Waals surface area (Å²) in [7, 11) is 1.97. The number of benzene rings is 1. The molecule has 1 aliphatic rings. The summed E-state index contributed by atoms with van der Waals surface area (Å²) < 4.78 is 2.01. The van der Waals surface area contributed by atoms with E-state index in [1.54, 1.807) is 0 Å². The van der Waals surface area contributed by atoms with E-state index < -0.39 is 11.9 Å². The molecule has 1 aromatic carbocycles. The predicted octanol–water partition coefficient (Wildman–Crippen LogP) is 2.12. The van der Waals surface area contributed by atoms with Crippen molar-refractivity contribution in [3.05, 3.63) is 47.0 Å². The van der Waals surface area contributed by atoms with Crippen molar-refractivity contribution >= 4 is 5.97 Å². The van der Waals surface area contributed by atoms with Crippen molar-refractivity contribution in [3.63, 3.8) is 0 Å². The van der Waals surface area contributed by atoms with E-state index >= 15 is 0 Å². The summed E-state index contributed by atoms with van der Waals surface area (Å²) in [6, 6.07) is 7.79. The number of rotatable bonds is 4. The van der Waals surface area contributed by atoms with E-state index in [1.165, 1.54) is 0 Å². The quantitative estimate of drug-likeness (QED) is 0.936. The normalized spacial score (nSPS) is 18.2. The molecule has 1 unspecified atom stereocenters. The maximum atomic E-state index is 11.6. The van der Waals surface area contributed by atoms with E-state index in [4.69, 9.17) is 0 Å². The molecular weight excluding hydrogens is 292 g/mol. The third-order valence-electron chi connectivity index (χ3n) is 4.44. The molecule has 0 spiro atoms. The van der Waals surface area contributed by atoms with Gasteiger partial charge in [0.05, 0.1) is 12.5 Å². The first-order valence-electron chi connectivity index (χ1n) is 7.88. The molecule has 6 heteroatoms. The van der Waals surface area contributed by atoms with Gasteiger partial charge >= 0.3 is 5.97 Å². The number of aliphatic carboxylic acids is 1. The van der Waals surface area contributed by atoms with Gasteiger partial charge in [-0.1, -0.05) is 38.1 Å². The van der Waals surface area contributed by atoms with Crippen molar-refractivity contribution in [1.29, 1.82) is 0 Å². The highest BCUT2D eigenvalue weighted by Crippen LogP contribution is 2.29. The second-order valence-electron chi connectivity index (χ2n) is 6.45. The van der Waals surface area contributed by atoms with E-state index in [1.807, 2.05) is 35.9 Å². The van der Waals surface area contributed by atoms with Crippen LogP contribution in [0.4, 0.5) is 0 Å². The van der Waals surface area contributed by atoms with Crippen molar-refractivity contribution in [3.8, 4) is 0 Å². The van der Waals surface area contributed by atoms with Crippen molar-refractivity contribution in [2.24, 2.45) is 7.05 Å². The molecule has 23 heavy (non-hydrogen) atoms. The number of carboxylic acid groups (broad SMARTS) is 1. The van der Waals surface area contributed by atoms with Gasteiger partial charge in [-0.05, 0) is 11.1 Å². The zero-order valence-corrected chi connectivity index (χ0v) is 13.7. The van der Waals surface area contributed by atoms with Crippen LogP contribution in [0.25, 0.3) is 0 Å². The van der Waals surface area contributed by atoms with Gasteiger partial charge in [-0.3, -0.25) is 9.69 Å². The van der Waals surface area contributed by atoms with E-state index in [0.717, 1.165) is 29.3 Å². The fourth-order valence-corrected chi connectivity index (χ4v) is 3.23. The standard InChI is InChI=1S/C17H22N4O2/c1-11(2)16-19-18-15(20(16)3)10-21-8-12-6-4-5-7-13(12)14(9-21)17(22)23/h4-7,11,14H,8-10H2,1-3H3,(H,22,23). The maximum Gasteiger partial charge on any atom is 0.312 e. The molecule has 6 nitrogen and oxygen atoms in total. The molecule has 0 saturated carbocycles. The molecule has 1 N–H and O–H groups in total. The molecule has 0 aliphatic carbocycles. The zero-order valence-electron chi connectivity index (χ0n) is 13.7. The average molecular weight is 314 g/mol. The maximum absolute atomic E-state index is 11.6. The van der Waals surface area contributed by atoms with E-state index in [0.29, 0.717) is 19.0 Å². The summed E-state index contributed by atoms with van der Waals surface area (Å²) in [4.78, 5) is 13.7. The van der Waals surface area contributed by atoms with Crippen LogP contribution in [-0.2, 0) is 24.9 Å². The first-order valence-corrected chi connectivity index (χ1v) is 7.88. The van der Waals surface area contributed by atoms with Crippen LogP contribution in [0.1, 0.15) is 48.5 Å². The van der Waals surface area contributed by atoms with Crippen LogP contribution in [-0.4, -0.2) is 37.3 Å². The number of aromatic nitrogens is 3. The lowest BCUT2D eigenvalue weighted by Gasteiger charge is -2.32. The highest BCUT2D eigenvalue weighted by molar-refractivity contribution is 5.77. The van der Waals surface area contributed by atoms with E-state index in [2.05, 4.69) is 28.9 Å². The molecule has 122 valence electrons. The van der Waals surface area contributed by atoms with Crippen LogP contribution >= 0.6 is 0 Å². The second-order valence-corrected chi connectivity index (χ2v) is 6.45. The third-order valence-corrected chi connectivity index (χ3v) is 4.44. The minimum atomic E-state index is -0.775. The Morgan fingerprint density at radius 1 is 1.35 bits per heavy atom. The Morgan fingerprint density at radius 2 is 2.09 bits per heavy atom. The Labute approximate surface area is 135 Å². The molecule has 1 aromatic heterocycles. The molecule has 1 atom stereocenters. The Morgan fingerprint density at radius 3 is 2.74 bits per heavy atom. The Bertz CT molecular complexity index is 723. The van der Waals surface area contributed by atoms with Crippen molar-refractivity contribution in [2.45, 2.75) is 38.8 Å². The van der Waals surface area contributed by atoms with Gasteiger partial charge in [0.1, 0.15) is 11.6 Å². The fourth-order valence-electron chi connectivity index (χ4n) is 3.23. The van der Waals surface area contributed by atoms with Crippen LogP contribution in [0.5, 0.6) is 0 Å². The van der Waals surface area contributed by atoms with Gasteiger partial charge in [-0.2, -0.15) is 0 Å². The minimum absolute atomic E-state index is 0.315. The minimum Gasteiger partial charge on any atom is -0.481 e. The molecule has 0 fully saturated rings. The van der Waals surface area contributed by atoms with Gasteiger partial charge in [-0.25, -0.2) is 0 Å². The summed E-state index contributed by atoms with van der Waals surface area (Å²) in [6.07, 6.45) is 0. The van der Waals surface area contributed by atoms with Gasteiger partial charge in [-0.15, -0.1) is 10.2 Å². The summed E-state index contributed by atoms with van der Waals surface area (Å²) >= 11 is 0. The lowest BCUT2D eigenvalue weighted by atomic mass is 9.90. The molecule has 2 heterocycles. The number of fused-ring (bicyclic) bond motifs is 1. The number of hydrogen-bond donors (Lipinski definition) is 1. The lowest BCUT2D eigenvalue weighted by Crippen LogP contribution is -2.37. The smallest absolute Gasteiger partial charge is 0.312 e. The first-order chi connectivity index (χ1) is 11.0. The van der Waals surface area contributed by atoms with E-state index in [-0.39, 0.29) is 0 Å². The summed E-state index contributed by atoms with van der Waals surface area (Å²) in [5, 5.41) is 18.1. The van der Waals surface area contributed by atoms with Gasteiger partial charge in [0, 0.05) is 26.1 Å². The molecular formula is C17H22N4O2. The number of hydrogen-bond acceptors (Lipinski definition) is 4. The van der Waals surface area contributed by atoms with Gasteiger partial charge in [0.2, 0.25) is 0 Å². The third kappa shape index (κ3) is 2.99. The van der Waals surface area contributed by atoms with Crippen LogP contribution in [0.15, 0.2) is 24.3 Å². The molecule has 0 saturated heterocycles. The largest absolute Gasteiger partial charge is 0.481 e. The zero-order chi connectivity index (χ0) is 16.6. The number of nitrogens with zero attached hydrogens (tertiary/aromatic N) is 4. The van der Waals surface area contributed by atoms with Crippen molar-refractivity contribution in [2.75, 3.05) is 6.54 Å². The highest BCUT2D eigenvalue weighted by atomic mass is 16.4. The van der Waals surface area contributed by atoms with Gasteiger partial charge < -0.3 is 9.67 Å². The fraction of sp³-hybridized carbons (Fsp3) is 0.471. The number of carboxylic acids is 1. The SMILES string of the molecule is CC(C)c1nnc(CN2Cc3ccccc3C(C(=O)O)C2)n1C. The molecule has 1 aliphatic heterocycles. The monoisotopic (exact) mass is 314 g/mol. The Balaban J connectivity index is 1.84. The van der Waals surface area contributed by atoms with Crippen LogP contribution in [0, 0.1) is 0 Å². The summed E-state index contributed by atoms with van der Waals surface area (Å²) in [5.74, 6) is 0.875. The van der Waals surface area contributed by atoms with Gasteiger partial charge in [0.15, 0.2) is 0 Å². The topological polar surface area (TPSA) is 71.2 Å². The molecule has 0 amide bonds. The second kappa shape index (κ2) is 6.12. The van der Waals surface area contributed by atoms with Crippen LogP contribution in [0.3, 0.4) is 0 Å². The summed E-state index contributed by atoms with van der Waals surface area (Å²) in [6.45, 7) is 6.02. The Kier molecular flexibility index (Phi) is 4.17. The molecule has 0 radical (unpaired) electrons. The van der Waals surface area contributed by atoms with E-state index in [9.17, 15) is 9.90 Å².